The molecule has 1 unspecified atom stereocenters. The van der Waals surface area contributed by atoms with E-state index in [1.807, 2.05) is 24.3 Å². The van der Waals surface area contributed by atoms with Gasteiger partial charge in [0.15, 0.2) is 5.16 Å². The lowest BCUT2D eigenvalue weighted by molar-refractivity contribution is -0.384. The molecule has 0 fully saturated rings. The number of nitrogens with zero attached hydrogens (tertiary/aromatic N) is 3. The summed E-state index contributed by atoms with van der Waals surface area (Å²) in [5.74, 6) is 0.935. The van der Waals surface area contributed by atoms with E-state index in [-0.39, 0.29) is 11.2 Å². The molecule has 0 N–H and O–H groups in total. The van der Waals surface area contributed by atoms with E-state index in [4.69, 9.17) is 16.6 Å². The number of aromatic nitrogens is 2. The van der Waals surface area contributed by atoms with E-state index >= 15 is 0 Å². The third-order valence-corrected chi connectivity index (χ3v) is 6.89. The molecule has 3 aromatic carbocycles. The maximum absolute atomic E-state index is 13.5. The second-order valence-electron chi connectivity index (χ2n) is 7.81. The SMILES string of the molecule is CCC(C)c1ccc(-n2c(SCc3ccc([N+](=O)[O-])cc3)nc3cc(Cl)ccc3c2=O)cc1. The van der Waals surface area contributed by atoms with Crippen LogP contribution < -0.4 is 5.56 Å². The normalized spacial score (nSPS) is 12.1. The Hall–Kier alpha value is -3.16. The topological polar surface area (TPSA) is 78.0 Å². The van der Waals surface area contributed by atoms with Gasteiger partial charge in [-0.2, -0.15) is 0 Å². The van der Waals surface area contributed by atoms with Crippen molar-refractivity contribution in [2.45, 2.75) is 37.1 Å². The molecule has 0 aliphatic heterocycles. The van der Waals surface area contributed by atoms with Crippen LogP contribution in [0.4, 0.5) is 5.69 Å². The molecule has 6 nitrogen and oxygen atoms in total. The number of hydrogen-bond donors (Lipinski definition) is 0. The zero-order valence-corrected chi connectivity index (χ0v) is 19.8. The first-order valence-corrected chi connectivity index (χ1v) is 11.9. The molecule has 0 saturated carbocycles. The standard InChI is InChI=1S/C25H22ClN3O3S/c1-3-16(2)18-6-11-20(12-7-18)28-24(30)22-13-8-19(26)14-23(22)27-25(28)33-15-17-4-9-21(10-5-17)29(31)32/h4-14,16H,3,15H2,1-2H3. The lowest BCUT2D eigenvalue weighted by atomic mass is 9.98. The third-order valence-electron chi connectivity index (χ3n) is 5.65. The molecule has 4 rings (SSSR count). The van der Waals surface area contributed by atoms with E-state index in [9.17, 15) is 14.9 Å². The van der Waals surface area contributed by atoms with Gasteiger partial charge < -0.3 is 0 Å². The highest BCUT2D eigenvalue weighted by atomic mass is 35.5. The molecule has 33 heavy (non-hydrogen) atoms. The fourth-order valence-corrected chi connectivity index (χ4v) is 4.65. The summed E-state index contributed by atoms with van der Waals surface area (Å²) in [6.45, 7) is 4.32. The molecule has 4 aromatic rings. The van der Waals surface area contributed by atoms with E-state index < -0.39 is 4.92 Å². The summed E-state index contributed by atoms with van der Waals surface area (Å²) in [7, 11) is 0. The molecule has 0 amide bonds. The zero-order chi connectivity index (χ0) is 23.5. The Kier molecular flexibility index (Phi) is 6.81. The summed E-state index contributed by atoms with van der Waals surface area (Å²) >= 11 is 7.54. The van der Waals surface area contributed by atoms with Gasteiger partial charge in [-0.05, 0) is 53.8 Å². The van der Waals surface area contributed by atoms with E-state index in [2.05, 4.69) is 13.8 Å². The summed E-state index contributed by atoms with van der Waals surface area (Å²) in [6.07, 6.45) is 1.04. The van der Waals surface area contributed by atoms with Crippen molar-refractivity contribution < 1.29 is 4.92 Å². The van der Waals surface area contributed by atoms with Crippen LogP contribution >= 0.6 is 23.4 Å². The number of halogens is 1. The molecule has 0 aliphatic carbocycles. The Balaban J connectivity index is 1.76. The molecule has 0 saturated heterocycles. The van der Waals surface area contributed by atoms with E-state index in [0.29, 0.717) is 32.8 Å². The summed E-state index contributed by atoms with van der Waals surface area (Å²) in [5.41, 5.74) is 3.26. The summed E-state index contributed by atoms with van der Waals surface area (Å²) in [5, 5.41) is 12.4. The number of nitro groups is 1. The van der Waals surface area contributed by atoms with Crippen LogP contribution in [-0.4, -0.2) is 14.5 Å². The van der Waals surface area contributed by atoms with Gasteiger partial charge in [-0.3, -0.25) is 19.5 Å². The molecule has 0 aliphatic rings. The van der Waals surface area contributed by atoms with Crippen molar-refractivity contribution in [2.75, 3.05) is 0 Å². The third kappa shape index (κ3) is 4.94. The smallest absolute Gasteiger partial charge is 0.268 e. The van der Waals surface area contributed by atoms with Crippen LogP contribution in [0.3, 0.4) is 0 Å². The Labute approximate surface area is 200 Å². The number of benzene rings is 3. The van der Waals surface area contributed by atoms with Crippen molar-refractivity contribution in [1.82, 2.24) is 9.55 Å². The van der Waals surface area contributed by atoms with Gasteiger partial charge in [0.1, 0.15) is 0 Å². The summed E-state index contributed by atoms with van der Waals surface area (Å²) in [6, 6.07) is 19.4. The molecule has 0 radical (unpaired) electrons. The quantitative estimate of drug-likeness (QED) is 0.127. The lowest BCUT2D eigenvalue weighted by Crippen LogP contribution is -2.21. The van der Waals surface area contributed by atoms with E-state index in [1.165, 1.54) is 29.5 Å². The highest BCUT2D eigenvalue weighted by molar-refractivity contribution is 7.98. The van der Waals surface area contributed by atoms with Crippen molar-refractivity contribution in [1.29, 1.82) is 0 Å². The first-order chi connectivity index (χ1) is 15.9. The summed E-state index contributed by atoms with van der Waals surface area (Å²) in [4.78, 5) is 28.7. The number of fused-ring (bicyclic) bond motifs is 1. The Morgan fingerprint density at radius 1 is 1.09 bits per heavy atom. The summed E-state index contributed by atoms with van der Waals surface area (Å²) < 4.78 is 1.62. The van der Waals surface area contributed by atoms with Crippen molar-refractivity contribution in [3.05, 3.63) is 103 Å². The minimum Gasteiger partial charge on any atom is -0.268 e. The Morgan fingerprint density at radius 3 is 2.42 bits per heavy atom. The molecule has 1 heterocycles. The number of hydrogen-bond acceptors (Lipinski definition) is 5. The molecular formula is C25H22ClN3O3S. The monoisotopic (exact) mass is 479 g/mol. The predicted molar refractivity (Wildman–Crippen MR) is 134 cm³/mol. The molecular weight excluding hydrogens is 458 g/mol. The van der Waals surface area contributed by atoms with Crippen LogP contribution in [0.5, 0.6) is 0 Å². The molecule has 0 bridgehead atoms. The van der Waals surface area contributed by atoms with Crippen LogP contribution in [0.2, 0.25) is 5.02 Å². The number of thioether (sulfide) groups is 1. The van der Waals surface area contributed by atoms with E-state index in [0.717, 1.165) is 17.7 Å². The van der Waals surface area contributed by atoms with Gasteiger partial charge in [0.05, 0.1) is 21.5 Å². The minimum atomic E-state index is -0.424. The van der Waals surface area contributed by atoms with Crippen molar-refractivity contribution in [2.24, 2.45) is 0 Å². The molecule has 0 spiro atoms. The molecule has 1 aromatic heterocycles. The van der Waals surface area contributed by atoms with Crippen LogP contribution in [0.1, 0.15) is 37.3 Å². The van der Waals surface area contributed by atoms with Gasteiger partial charge in [-0.25, -0.2) is 4.98 Å². The maximum Gasteiger partial charge on any atom is 0.269 e. The van der Waals surface area contributed by atoms with Gasteiger partial charge in [0.25, 0.3) is 11.2 Å². The molecule has 8 heteroatoms. The average Bonchev–Trinajstić information content (AvgIpc) is 2.82. The first-order valence-electron chi connectivity index (χ1n) is 10.6. The Morgan fingerprint density at radius 2 is 1.79 bits per heavy atom. The fraction of sp³-hybridized carbons (Fsp3) is 0.200. The zero-order valence-electron chi connectivity index (χ0n) is 18.2. The van der Waals surface area contributed by atoms with E-state index in [1.54, 1.807) is 34.9 Å². The second kappa shape index (κ2) is 9.77. The van der Waals surface area contributed by atoms with Crippen molar-refractivity contribution >= 4 is 40.0 Å². The van der Waals surface area contributed by atoms with Crippen molar-refractivity contribution in [3.63, 3.8) is 0 Å². The van der Waals surface area contributed by atoms with Gasteiger partial charge >= 0.3 is 0 Å². The largest absolute Gasteiger partial charge is 0.269 e. The lowest BCUT2D eigenvalue weighted by Gasteiger charge is -2.15. The fourth-order valence-electron chi connectivity index (χ4n) is 3.51. The van der Waals surface area contributed by atoms with Crippen LogP contribution in [0, 0.1) is 10.1 Å². The highest BCUT2D eigenvalue weighted by Crippen LogP contribution is 2.27. The first kappa shape index (κ1) is 23.0. The highest BCUT2D eigenvalue weighted by Gasteiger charge is 2.15. The van der Waals surface area contributed by atoms with Gasteiger partial charge in [-0.1, -0.05) is 61.5 Å². The number of non-ortho nitro benzene ring substituents is 1. The second-order valence-corrected chi connectivity index (χ2v) is 9.19. The van der Waals surface area contributed by atoms with Gasteiger partial charge in [0.2, 0.25) is 0 Å². The van der Waals surface area contributed by atoms with Gasteiger partial charge in [0, 0.05) is 22.9 Å². The maximum atomic E-state index is 13.5. The predicted octanol–water partition coefficient (Wildman–Crippen LogP) is 6.75. The van der Waals surface area contributed by atoms with Crippen LogP contribution in [0.25, 0.3) is 16.6 Å². The number of rotatable bonds is 7. The van der Waals surface area contributed by atoms with Gasteiger partial charge in [-0.15, -0.1) is 0 Å². The number of nitro benzene ring substituents is 1. The van der Waals surface area contributed by atoms with Crippen LogP contribution in [-0.2, 0) is 5.75 Å². The average molecular weight is 480 g/mol. The minimum absolute atomic E-state index is 0.0422. The molecule has 168 valence electrons. The Bertz CT molecular complexity index is 1370. The van der Waals surface area contributed by atoms with Crippen LogP contribution in [0.15, 0.2) is 76.7 Å². The molecule has 1 atom stereocenters. The van der Waals surface area contributed by atoms with Crippen molar-refractivity contribution in [3.8, 4) is 5.69 Å².